The third-order valence-corrected chi connectivity index (χ3v) is 4.51. The van der Waals surface area contributed by atoms with E-state index in [2.05, 4.69) is 10.4 Å². The Kier molecular flexibility index (Phi) is 3.30. The average molecular weight is 243 g/mol. The maximum Gasteiger partial charge on any atom is 0.154 e. The molecule has 0 aromatic carbocycles. The van der Waals surface area contributed by atoms with Crippen LogP contribution in [0.25, 0.3) is 0 Å². The van der Waals surface area contributed by atoms with E-state index in [1.165, 1.54) is 0 Å². The SMILES string of the molecule is CCn1cc(CS(=O)(=O)CC2CNC2)cn1. The number of rotatable bonds is 5. The van der Waals surface area contributed by atoms with Crippen molar-refractivity contribution in [2.24, 2.45) is 5.92 Å². The van der Waals surface area contributed by atoms with Crippen LogP contribution in [0.5, 0.6) is 0 Å². The van der Waals surface area contributed by atoms with Gasteiger partial charge in [0.15, 0.2) is 9.84 Å². The second kappa shape index (κ2) is 4.55. The fraction of sp³-hybridized carbons (Fsp3) is 0.700. The van der Waals surface area contributed by atoms with Gasteiger partial charge < -0.3 is 5.32 Å². The minimum atomic E-state index is -2.98. The van der Waals surface area contributed by atoms with Crippen LogP contribution in [0.1, 0.15) is 12.5 Å². The van der Waals surface area contributed by atoms with Crippen LogP contribution in [0.4, 0.5) is 0 Å². The van der Waals surface area contributed by atoms with Gasteiger partial charge in [0.2, 0.25) is 0 Å². The third-order valence-electron chi connectivity index (χ3n) is 2.75. The predicted molar refractivity (Wildman–Crippen MR) is 61.8 cm³/mol. The Bertz CT molecular complexity index is 448. The molecule has 2 rings (SSSR count). The molecule has 0 saturated carbocycles. The molecule has 0 radical (unpaired) electrons. The van der Waals surface area contributed by atoms with Gasteiger partial charge in [-0.2, -0.15) is 5.10 Å². The van der Waals surface area contributed by atoms with Crippen LogP contribution in [-0.2, 0) is 22.1 Å². The van der Waals surface area contributed by atoms with E-state index < -0.39 is 9.84 Å². The van der Waals surface area contributed by atoms with Crippen LogP contribution in [0.15, 0.2) is 12.4 Å². The first-order valence-electron chi connectivity index (χ1n) is 5.51. The highest BCUT2D eigenvalue weighted by molar-refractivity contribution is 7.90. The number of nitrogens with zero attached hydrogens (tertiary/aromatic N) is 2. The van der Waals surface area contributed by atoms with Crippen molar-refractivity contribution in [1.82, 2.24) is 15.1 Å². The lowest BCUT2D eigenvalue weighted by Crippen LogP contribution is -2.45. The topological polar surface area (TPSA) is 64.0 Å². The van der Waals surface area contributed by atoms with Crippen LogP contribution in [0.3, 0.4) is 0 Å². The monoisotopic (exact) mass is 243 g/mol. The second-order valence-corrected chi connectivity index (χ2v) is 6.39. The highest BCUT2D eigenvalue weighted by Crippen LogP contribution is 2.12. The maximum absolute atomic E-state index is 11.8. The molecular formula is C10H17N3O2S. The van der Waals surface area contributed by atoms with Crippen molar-refractivity contribution in [3.63, 3.8) is 0 Å². The molecule has 1 aliphatic rings. The number of hydrogen-bond acceptors (Lipinski definition) is 4. The van der Waals surface area contributed by atoms with E-state index in [0.29, 0.717) is 5.92 Å². The molecule has 0 spiro atoms. The van der Waals surface area contributed by atoms with Crippen molar-refractivity contribution >= 4 is 9.84 Å². The summed E-state index contributed by atoms with van der Waals surface area (Å²) in [6, 6.07) is 0. The lowest BCUT2D eigenvalue weighted by atomic mass is 10.1. The van der Waals surface area contributed by atoms with Gasteiger partial charge in [-0.3, -0.25) is 4.68 Å². The van der Waals surface area contributed by atoms with Crippen LogP contribution < -0.4 is 5.32 Å². The Balaban J connectivity index is 1.96. The van der Waals surface area contributed by atoms with E-state index in [9.17, 15) is 8.42 Å². The summed E-state index contributed by atoms with van der Waals surface area (Å²) in [4.78, 5) is 0. The molecule has 1 aromatic heterocycles. The zero-order chi connectivity index (χ0) is 11.6. The highest BCUT2D eigenvalue weighted by atomic mass is 32.2. The van der Waals surface area contributed by atoms with E-state index in [0.717, 1.165) is 25.2 Å². The number of hydrogen-bond donors (Lipinski definition) is 1. The molecular weight excluding hydrogens is 226 g/mol. The largest absolute Gasteiger partial charge is 0.316 e. The van der Waals surface area contributed by atoms with Gasteiger partial charge in [0.1, 0.15) is 0 Å². The summed E-state index contributed by atoms with van der Waals surface area (Å²) in [6.45, 7) is 4.40. The van der Waals surface area contributed by atoms with Gasteiger partial charge in [-0.25, -0.2) is 8.42 Å². The van der Waals surface area contributed by atoms with Crippen molar-refractivity contribution in [2.75, 3.05) is 18.8 Å². The van der Waals surface area contributed by atoms with Crippen molar-refractivity contribution < 1.29 is 8.42 Å². The molecule has 0 aliphatic carbocycles. The molecule has 0 bridgehead atoms. The van der Waals surface area contributed by atoms with E-state index in [-0.39, 0.29) is 11.5 Å². The van der Waals surface area contributed by atoms with Gasteiger partial charge in [0, 0.05) is 31.4 Å². The lowest BCUT2D eigenvalue weighted by Gasteiger charge is -2.26. The van der Waals surface area contributed by atoms with Gasteiger partial charge in [0.25, 0.3) is 0 Å². The van der Waals surface area contributed by atoms with Gasteiger partial charge in [-0.15, -0.1) is 0 Å². The second-order valence-electron chi connectivity index (χ2n) is 4.28. The zero-order valence-corrected chi connectivity index (χ0v) is 10.2. The molecule has 1 N–H and O–H groups in total. The van der Waals surface area contributed by atoms with Crippen LogP contribution in [0.2, 0.25) is 0 Å². The number of sulfone groups is 1. The lowest BCUT2D eigenvalue weighted by molar-refractivity contribution is 0.378. The molecule has 1 fully saturated rings. The molecule has 1 aromatic rings. The Labute approximate surface area is 95.8 Å². The quantitative estimate of drug-likeness (QED) is 0.793. The van der Waals surface area contributed by atoms with E-state index in [4.69, 9.17) is 0 Å². The van der Waals surface area contributed by atoms with Crippen LogP contribution in [-0.4, -0.2) is 37.0 Å². The van der Waals surface area contributed by atoms with E-state index in [1.807, 2.05) is 6.92 Å². The first-order valence-corrected chi connectivity index (χ1v) is 7.33. The zero-order valence-electron chi connectivity index (χ0n) is 9.39. The van der Waals surface area contributed by atoms with Gasteiger partial charge >= 0.3 is 0 Å². The normalized spacial score (nSPS) is 17.3. The summed E-state index contributed by atoms with van der Waals surface area (Å²) in [5.74, 6) is 0.701. The minimum Gasteiger partial charge on any atom is -0.316 e. The fourth-order valence-corrected chi connectivity index (χ4v) is 3.52. The first kappa shape index (κ1) is 11.6. The summed E-state index contributed by atoms with van der Waals surface area (Å²) < 4.78 is 25.4. The number of aromatic nitrogens is 2. The van der Waals surface area contributed by atoms with Gasteiger partial charge in [0.05, 0.1) is 17.7 Å². The van der Waals surface area contributed by atoms with Gasteiger partial charge in [-0.1, -0.05) is 0 Å². The maximum atomic E-state index is 11.8. The fourth-order valence-electron chi connectivity index (χ4n) is 1.79. The Hall–Kier alpha value is -0.880. The van der Waals surface area contributed by atoms with Crippen LogP contribution >= 0.6 is 0 Å². The summed E-state index contributed by atoms with van der Waals surface area (Å²) >= 11 is 0. The van der Waals surface area contributed by atoms with Crippen molar-refractivity contribution in [1.29, 1.82) is 0 Å². The van der Waals surface area contributed by atoms with Crippen molar-refractivity contribution in [3.8, 4) is 0 Å². The number of nitrogens with one attached hydrogen (secondary N) is 1. The molecule has 1 aliphatic heterocycles. The van der Waals surface area contributed by atoms with Gasteiger partial charge in [-0.05, 0) is 12.8 Å². The Morgan fingerprint density at radius 2 is 2.31 bits per heavy atom. The summed E-state index contributed by atoms with van der Waals surface area (Å²) in [5, 5.41) is 7.15. The molecule has 1 saturated heterocycles. The van der Waals surface area contributed by atoms with Crippen molar-refractivity contribution in [2.45, 2.75) is 19.2 Å². The van der Waals surface area contributed by atoms with E-state index >= 15 is 0 Å². The Morgan fingerprint density at radius 3 is 2.81 bits per heavy atom. The third kappa shape index (κ3) is 2.82. The molecule has 6 heteroatoms. The molecule has 0 atom stereocenters. The highest BCUT2D eigenvalue weighted by Gasteiger charge is 2.24. The molecule has 2 heterocycles. The summed E-state index contributed by atoms with van der Waals surface area (Å²) in [7, 11) is -2.98. The van der Waals surface area contributed by atoms with Crippen molar-refractivity contribution in [3.05, 3.63) is 18.0 Å². The molecule has 0 unspecified atom stereocenters. The number of aryl methyl sites for hydroxylation is 1. The van der Waals surface area contributed by atoms with E-state index in [1.54, 1.807) is 17.1 Å². The first-order chi connectivity index (χ1) is 7.59. The molecule has 16 heavy (non-hydrogen) atoms. The standard InChI is InChI=1S/C10H17N3O2S/c1-2-13-6-10(5-12-13)8-16(14,15)7-9-3-11-4-9/h5-6,9,11H,2-4,7-8H2,1H3. The molecule has 0 amide bonds. The average Bonchev–Trinajstić information content (AvgIpc) is 2.59. The molecule has 5 nitrogen and oxygen atoms in total. The van der Waals surface area contributed by atoms with Crippen LogP contribution in [0, 0.1) is 5.92 Å². The molecule has 90 valence electrons. The Morgan fingerprint density at radius 1 is 1.56 bits per heavy atom. The predicted octanol–water partition coefficient (Wildman–Crippen LogP) is 0.0372. The smallest absolute Gasteiger partial charge is 0.154 e. The summed E-state index contributed by atoms with van der Waals surface area (Å²) in [5.41, 5.74) is 0.786. The minimum absolute atomic E-state index is 0.115. The summed E-state index contributed by atoms with van der Waals surface area (Å²) in [6.07, 6.45) is 3.44.